The Balaban J connectivity index is 2.26. The topological polar surface area (TPSA) is 88.6 Å². The predicted molar refractivity (Wildman–Crippen MR) is 77.7 cm³/mol. The van der Waals surface area contributed by atoms with Gasteiger partial charge in [-0.25, -0.2) is 4.98 Å². The minimum absolute atomic E-state index is 0.0579. The summed E-state index contributed by atoms with van der Waals surface area (Å²) in [5, 5.41) is 0. The van der Waals surface area contributed by atoms with Crippen LogP contribution in [0.15, 0.2) is 18.2 Å². The molecule has 0 fully saturated rings. The number of fused-ring (bicyclic) bond motifs is 1. The second-order valence-electron chi connectivity index (χ2n) is 4.48. The van der Waals surface area contributed by atoms with Crippen molar-refractivity contribution in [3.63, 3.8) is 0 Å². The normalized spacial score (nSPS) is 11.0. The van der Waals surface area contributed by atoms with Crippen LogP contribution in [-0.2, 0) is 32.2 Å². The molecule has 0 saturated carbocycles. The summed E-state index contributed by atoms with van der Waals surface area (Å²) in [6.07, 6.45) is 0. The first-order valence-corrected chi connectivity index (χ1v) is 6.54. The van der Waals surface area contributed by atoms with Gasteiger partial charge in [-0.15, -0.1) is 0 Å². The van der Waals surface area contributed by atoms with E-state index in [4.69, 9.17) is 19.9 Å². The number of ether oxygens (including phenoxy) is 3. The SMILES string of the molecule is COCCOC(=O)Cn1c(COC)nc2c(N)cccc21. The maximum absolute atomic E-state index is 11.9. The first-order valence-electron chi connectivity index (χ1n) is 6.54. The number of aromatic nitrogens is 2. The molecule has 0 bridgehead atoms. The number of nitrogens with two attached hydrogens (primary N) is 1. The van der Waals surface area contributed by atoms with Gasteiger partial charge in [-0.2, -0.15) is 0 Å². The molecule has 7 heteroatoms. The Labute approximate surface area is 122 Å². The molecule has 1 aromatic heterocycles. The van der Waals surface area contributed by atoms with Crippen molar-refractivity contribution >= 4 is 22.7 Å². The van der Waals surface area contributed by atoms with Crippen molar-refractivity contribution in [1.82, 2.24) is 9.55 Å². The number of esters is 1. The quantitative estimate of drug-likeness (QED) is 0.464. The number of imidazole rings is 1. The van der Waals surface area contributed by atoms with Crippen LogP contribution in [0, 0.1) is 0 Å². The molecule has 2 aromatic rings. The molecule has 0 atom stereocenters. The van der Waals surface area contributed by atoms with E-state index in [1.807, 2.05) is 12.1 Å². The number of para-hydroxylation sites is 1. The van der Waals surface area contributed by atoms with Gasteiger partial charge >= 0.3 is 5.97 Å². The summed E-state index contributed by atoms with van der Waals surface area (Å²) in [6, 6.07) is 5.45. The fourth-order valence-corrected chi connectivity index (χ4v) is 2.05. The Morgan fingerprint density at radius 3 is 2.81 bits per heavy atom. The molecular weight excluding hydrogens is 274 g/mol. The smallest absolute Gasteiger partial charge is 0.326 e. The predicted octanol–water partition coefficient (Wildman–Crippen LogP) is 0.955. The van der Waals surface area contributed by atoms with Crippen LogP contribution in [0.5, 0.6) is 0 Å². The average Bonchev–Trinajstić information content (AvgIpc) is 2.80. The number of hydrogen-bond donors (Lipinski definition) is 1. The molecule has 1 aromatic carbocycles. The second-order valence-corrected chi connectivity index (χ2v) is 4.48. The molecule has 0 unspecified atom stereocenters. The summed E-state index contributed by atoms with van der Waals surface area (Å²) in [4.78, 5) is 16.3. The third-order valence-corrected chi connectivity index (χ3v) is 3.00. The lowest BCUT2D eigenvalue weighted by atomic mass is 10.3. The zero-order chi connectivity index (χ0) is 15.2. The van der Waals surface area contributed by atoms with Crippen molar-refractivity contribution in [3.05, 3.63) is 24.0 Å². The van der Waals surface area contributed by atoms with Crippen molar-refractivity contribution in [3.8, 4) is 0 Å². The van der Waals surface area contributed by atoms with Crippen LogP contribution in [0.2, 0.25) is 0 Å². The zero-order valence-corrected chi connectivity index (χ0v) is 12.2. The van der Waals surface area contributed by atoms with Crippen LogP contribution in [0.3, 0.4) is 0 Å². The van der Waals surface area contributed by atoms with Crippen LogP contribution in [0.1, 0.15) is 5.82 Å². The van der Waals surface area contributed by atoms with Crippen LogP contribution in [-0.4, -0.2) is 43.0 Å². The molecule has 0 aliphatic heterocycles. The summed E-state index contributed by atoms with van der Waals surface area (Å²) in [6.45, 7) is 0.944. The third kappa shape index (κ3) is 3.50. The molecular formula is C14H19N3O4. The summed E-state index contributed by atoms with van der Waals surface area (Å²) < 4.78 is 16.8. The van der Waals surface area contributed by atoms with E-state index in [-0.39, 0.29) is 19.1 Å². The summed E-state index contributed by atoms with van der Waals surface area (Å²) >= 11 is 0. The van der Waals surface area contributed by atoms with Gasteiger partial charge in [-0.3, -0.25) is 4.79 Å². The molecule has 0 saturated heterocycles. The average molecular weight is 293 g/mol. The fourth-order valence-electron chi connectivity index (χ4n) is 2.05. The monoisotopic (exact) mass is 293 g/mol. The van der Waals surface area contributed by atoms with Gasteiger partial charge in [0.15, 0.2) is 0 Å². The molecule has 21 heavy (non-hydrogen) atoms. The summed E-state index contributed by atoms with van der Waals surface area (Å²) in [5.41, 5.74) is 7.92. The molecule has 0 aliphatic rings. The lowest BCUT2D eigenvalue weighted by Crippen LogP contribution is -2.17. The van der Waals surface area contributed by atoms with Gasteiger partial charge in [-0.05, 0) is 12.1 Å². The Hall–Kier alpha value is -2.12. The molecule has 2 rings (SSSR count). The largest absolute Gasteiger partial charge is 0.462 e. The van der Waals surface area contributed by atoms with Gasteiger partial charge in [0, 0.05) is 14.2 Å². The Kier molecular flexibility index (Phi) is 5.13. The van der Waals surface area contributed by atoms with Gasteiger partial charge in [0.1, 0.15) is 31.1 Å². The second kappa shape index (κ2) is 7.05. The third-order valence-electron chi connectivity index (χ3n) is 3.00. The van der Waals surface area contributed by atoms with Crippen molar-refractivity contribution in [2.75, 3.05) is 33.2 Å². The minimum atomic E-state index is -0.355. The van der Waals surface area contributed by atoms with E-state index in [1.165, 1.54) is 0 Å². The van der Waals surface area contributed by atoms with Gasteiger partial charge in [0.05, 0.1) is 17.8 Å². The number of anilines is 1. The van der Waals surface area contributed by atoms with E-state index in [9.17, 15) is 4.79 Å². The number of carbonyl (C=O) groups excluding carboxylic acids is 1. The van der Waals surface area contributed by atoms with Crippen LogP contribution >= 0.6 is 0 Å². The highest BCUT2D eigenvalue weighted by Gasteiger charge is 2.15. The number of nitrogen functional groups attached to an aromatic ring is 1. The number of hydrogen-bond acceptors (Lipinski definition) is 6. The Morgan fingerprint density at radius 1 is 1.29 bits per heavy atom. The Bertz CT molecular complexity index is 624. The van der Waals surface area contributed by atoms with Gasteiger partial charge in [0.2, 0.25) is 0 Å². The van der Waals surface area contributed by atoms with Crippen LogP contribution < -0.4 is 5.73 Å². The van der Waals surface area contributed by atoms with Crippen molar-refractivity contribution < 1.29 is 19.0 Å². The first-order chi connectivity index (χ1) is 10.2. The standard InChI is InChI=1S/C14H19N3O4/c1-19-6-7-21-13(18)8-17-11-5-3-4-10(15)14(11)16-12(17)9-20-2/h3-5H,6-9,15H2,1-2H3. The van der Waals surface area contributed by atoms with Crippen molar-refractivity contribution in [1.29, 1.82) is 0 Å². The molecule has 0 radical (unpaired) electrons. The van der Waals surface area contributed by atoms with E-state index in [2.05, 4.69) is 4.98 Å². The number of benzene rings is 1. The lowest BCUT2D eigenvalue weighted by molar-refractivity contribution is -0.145. The number of nitrogens with zero attached hydrogens (tertiary/aromatic N) is 2. The number of methoxy groups -OCH3 is 2. The van der Waals surface area contributed by atoms with Crippen LogP contribution in [0.4, 0.5) is 5.69 Å². The summed E-state index contributed by atoms with van der Waals surface area (Å²) in [5.74, 6) is 0.278. The number of carbonyl (C=O) groups is 1. The van der Waals surface area contributed by atoms with E-state index in [0.29, 0.717) is 30.2 Å². The molecule has 114 valence electrons. The highest BCUT2D eigenvalue weighted by atomic mass is 16.6. The maximum atomic E-state index is 11.9. The van der Waals surface area contributed by atoms with Crippen molar-refractivity contribution in [2.45, 2.75) is 13.2 Å². The van der Waals surface area contributed by atoms with Crippen LogP contribution in [0.25, 0.3) is 11.0 Å². The van der Waals surface area contributed by atoms with E-state index < -0.39 is 0 Å². The minimum Gasteiger partial charge on any atom is -0.462 e. The molecule has 0 aliphatic carbocycles. The van der Waals surface area contributed by atoms with Crippen molar-refractivity contribution in [2.24, 2.45) is 0 Å². The molecule has 0 amide bonds. The fraction of sp³-hybridized carbons (Fsp3) is 0.429. The molecule has 7 nitrogen and oxygen atoms in total. The van der Waals surface area contributed by atoms with Gasteiger partial charge in [0.25, 0.3) is 0 Å². The summed E-state index contributed by atoms with van der Waals surface area (Å²) in [7, 11) is 3.13. The van der Waals surface area contributed by atoms with E-state index in [1.54, 1.807) is 24.9 Å². The van der Waals surface area contributed by atoms with Gasteiger partial charge < -0.3 is 24.5 Å². The Morgan fingerprint density at radius 2 is 2.10 bits per heavy atom. The molecule has 0 spiro atoms. The zero-order valence-electron chi connectivity index (χ0n) is 12.2. The maximum Gasteiger partial charge on any atom is 0.326 e. The van der Waals surface area contributed by atoms with Gasteiger partial charge in [-0.1, -0.05) is 6.07 Å². The highest BCUT2D eigenvalue weighted by molar-refractivity contribution is 5.88. The lowest BCUT2D eigenvalue weighted by Gasteiger charge is -2.09. The molecule has 2 N–H and O–H groups in total. The van der Waals surface area contributed by atoms with E-state index >= 15 is 0 Å². The first kappa shape index (κ1) is 15.3. The highest BCUT2D eigenvalue weighted by Crippen LogP contribution is 2.22. The number of rotatable bonds is 7. The van der Waals surface area contributed by atoms with E-state index in [0.717, 1.165) is 5.52 Å². The molecule has 1 heterocycles.